The van der Waals surface area contributed by atoms with E-state index in [1.807, 2.05) is 13.8 Å². The lowest BCUT2D eigenvalue weighted by atomic mass is 10.1. The Morgan fingerprint density at radius 2 is 2.00 bits per heavy atom. The molecule has 0 aromatic rings. The zero-order valence-electron chi connectivity index (χ0n) is 9.52. The summed E-state index contributed by atoms with van der Waals surface area (Å²) < 4.78 is -0.607. The van der Waals surface area contributed by atoms with Gasteiger partial charge in [0, 0.05) is 13.8 Å². The van der Waals surface area contributed by atoms with Crippen molar-refractivity contribution < 1.29 is 8.32 Å². The maximum atomic E-state index is 11.9. The van der Waals surface area contributed by atoms with Gasteiger partial charge in [-0.15, -0.1) is 0 Å². The van der Waals surface area contributed by atoms with Gasteiger partial charge in [-0.25, -0.2) is 10.1 Å². The van der Waals surface area contributed by atoms with Gasteiger partial charge in [-0.2, -0.15) is 0 Å². The van der Waals surface area contributed by atoms with Crippen LogP contribution in [0, 0.1) is 0 Å². The summed E-state index contributed by atoms with van der Waals surface area (Å²) in [6.45, 7) is 5.81. The Kier molecular flexibility index (Phi) is 4.04. The molecule has 0 aromatic heterocycles. The molecule has 1 N–H and O–H groups in total. The molecule has 0 aliphatic carbocycles. The van der Waals surface area contributed by atoms with E-state index < -0.39 is 9.18 Å². The van der Waals surface area contributed by atoms with Crippen molar-refractivity contribution in [3.05, 3.63) is 0 Å². The van der Waals surface area contributed by atoms with Crippen molar-refractivity contribution in [2.45, 2.75) is 58.2 Å². The van der Waals surface area contributed by atoms with Crippen LogP contribution in [0.2, 0.25) is 0 Å². The van der Waals surface area contributed by atoms with E-state index in [0.717, 1.165) is 25.7 Å². The lowest BCUT2D eigenvalue weighted by molar-refractivity contribution is -0.664. The fraction of sp³-hybridized carbons (Fsp3) is 0.900. The van der Waals surface area contributed by atoms with Crippen LogP contribution in [-0.2, 0) is 4.79 Å². The van der Waals surface area contributed by atoms with Crippen molar-refractivity contribution in [3.63, 3.8) is 0 Å². The van der Waals surface area contributed by atoms with Gasteiger partial charge in [0.1, 0.15) is 6.04 Å². The lowest BCUT2D eigenvalue weighted by Crippen LogP contribution is -2.50. The average molecular weight is 254 g/mol. The molecule has 1 atom stereocenters. The smallest absolute Gasteiger partial charge is 0.247 e. The van der Waals surface area contributed by atoms with Crippen LogP contribution in [0.15, 0.2) is 0 Å². The first-order chi connectivity index (χ1) is 6.83. The molecule has 1 unspecified atom stereocenters. The van der Waals surface area contributed by atoms with Gasteiger partial charge < -0.3 is 0 Å². The van der Waals surface area contributed by atoms with E-state index in [9.17, 15) is 4.79 Å². The molecule has 1 aliphatic rings. The fourth-order valence-corrected chi connectivity index (χ4v) is 2.17. The van der Waals surface area contributed by atoms with Crippen LogP contribution in [0.25, 0.3) is 0 Å². The zero-order valence-corrected chi connectivity index (χ0v) is 11.0. The Bertz CT molecular complexity index is 254. The van der Waals surface area contributed by atoms with Gasteiger partial charge in [-0.3, -0.25) is 0 Å². The number of nitrogens with one attached hydrogen (secondary N) is 1. The van der Waals surface area contributed by atoms with Crippen molar-refractivity contribution in [3.8, 4) is 0 Å². The predicted octanol–water partition coefficient (Wildman–Crippen LogP) is 2.93. The molecule has 0 saturated carbocycles. The summed E-state index contributed by atoms with van der Waals surface area (Å²) in [5.74, 6) is -0.139. The molecule has 3 nitrogen and oxygen atoms in total. The van der Waals surface area contributed by atoms with Crippen LogP contribution in [0.1, 0.15) is 46.5 Å². The summed E-state index contributed by atoms with van der Waals surface area (Å²) in [4.78, 5) is 11.9. The van der Waals surface area contributed by atoms with Crippen LogP contribution in [0.3, 0.4) is 0 Å². The summed E-state index contributed by atoms with van der Waals surface area (Å²) in [5.41, 5.74) is -0.600. The number of rotatable bonds is 4. The monoisotopic (exact) mass is 253 g/mol. The van der Waals surface area contributed by atoms with Gasteiger partial charge >= 0.3 is 5.91 Å². The van der Waals surface area contributed by atoms with Crippen molar-refractivity contribution in [1.29, 1.82) is 0 Å². The molecule has 0 bridgehead atoms. The average Bonchev–Trinajstić information content (AvgIpc) is 2.28. The van der Waals surface area contributed by atoms with Crippen molar-refractivity contribution in [2.75, 3.05) is 0 Å². The van der Waals surface area contributed by atoms with Gasteiger partial charge in [-0.1, -0.05) is 26.2 Å². The maximum Gasteiger partial charge on any atom is 0.368 e. The molecular formula is C10H19Cl2N2O+. The summed E-state index contributed by atoms with van der Waals surface area (Å²) in [6.07, 6.45) is 4.13. The highest BCUT2D eigenvalue weighted by atomic mass is 35.5. The maximum absolute atomic E-state index is 11.9. The fourth-order valence-electron chi connectivity index (χ4n) is 1.83. The van der Waals surface area contributed by atoms with Crippen molar-refractivity contribution in [1.82, 2.24) is 5.32 Å². The second-order valence-electron chi connectivity index (χ2n) is 4.60. The molecule has 1 rings (SSSR count). The summed E-state index contributed by atoms with van der Waals surface area (Å²) in [6, 6.07) is -0.207. The van der Waals surface area contributed by atoms with E-state index in [0.29, 0.717) is 0 Å². The Balaban J connectivity index is 2.61. The molecule has 0 spiro atoms. The molecule has 1 aliphatic heterocycles. The van der Waals surface area contributed by atoms with E-state index in [-0.39, 0.29) is 11.9 Å². The molecule has 0 aromatic carbocycles. The molecule has 1 saturated heterocycles. The third-order valence-electron chi connectivity index (χ3n) is 2.90. The number of unbranched alkanes of at least 4 members (excludes halogenated alkanes) is 2. The highest BCUT2D eigenvalue weighted by Gasteiger charge is 2.60. The summed E-state index contributed by atoms with van der Waals surface area (Å²) >= 11 is 12.0. The first-order valence-electron chi connectivity index (χ1n) is 5.43. The zero-order chi connectivity index (χ0) is 11.7. The Labute approximate surface area is 102 Å². The number of amides is 1. The quantitative estimate of drug-likeness (QED) is 0.617. The van der Waals surface area contributed by atoms with Crippen molar-refractivity contribution in [2.24, 2.45) is 0 Å². The first-order valence-corrected chi connectivity index (χ1v) is 6.11. The number of hydrogen-bond donors (Lipinski definition) is 1. The van der Waals surface area contributed by atoms with E-state index in [1.165, 1.54) is 0 Å². The third-order valence-corrected chi connectivity index (χ3v) is 4.08. The van der Waals surface area contributed by atoms with E-state index >= 15 is 0 Å². The highest BCUT2D eigenvalue weighted by Crippen LogP contribution is 2.38. The minimum absolute atomic E-state index is 0.139. The number of halogens is 2. The number of hydrogen-bond acceptors (Lipinski definition) is 2. The Hall–Kier alpha value is 0.170. The molecule has 15 heavy (non-hydrogen) atoms. The number of carbonyl (C=O) groups excluding carboxylic acids is 1. The number of carbonyl (C=O) groups is 1. The normalized spacial score (nSPS) is 28.3. The van der Waals surface area contributed by atoms with Crippen LogP contribution < -0.4 is 5.32 Å². The first kappa shape index (κ1) is 13.2. The van der Waals surface area contributed by atoms with Crippen LogP contribution in [-0.4, -0.2) is 21.1 Å². The summed E-state index contributed by atoms with van der Waals surface area (Å²) in [5, 5.41) is 3.19. The number of nitrogens with zero attached hydrogens (tertiary/aromatic N) is 1. The van der Waals surface area contributed by atoms with Crippen LogP contribution in [0.5, 0.6) is 0 Å². The van der Waals surface area contributed by atoms with E-state index in [4.69, 9.17) is 23.6 Å². The highest BCUT2D eigenvalue weighted by molar-refractivity contribution is 6.30. The second kappa shape index (κ2) is 4.58. The Morgan fingerprint density at radius 3 is 2.40 bits per heavy atom. The molecule has 88 valence electrons. The molecule has 0 radical (unpaired) electrons. The van der Waals surface area contributed by atoms with E-state index in [1.54, 1.807) is 0 Å². The summed E-state index contributed by atoms with van der Waals surface area (Å²) in [7, 11) is 0. The molecule has 1 amide bonds. The Morgan fingerprint density at radius 1 is 1.40 bits per heavy atom. The molecule has 1 fully saturated rings. The van der Waals surface area contributed by atoms with Gasteiger partial charge in [0.05, 0.1) is 0 Å². The molecule has 1 heterocycles. The predicted molar refractivity (Wildman–Crippen MR) is 62.1 cm³/mol. The molecule has 5 heteroatoms. The minimum atomic E-state index is -0.607. The SMILES string of the molecule is CCCCCC1NC(C)(C)[N+](Cl)(Cl)C1=O. The third kappa shape index (κ3) is 2.47. The van der Waals surface area contributed by atoms with Crippen LogP contribution >= 0.6 is 23.6 Å². The van der Waals surface area contributed by atoms with E-state index in [2.05, 4.69) is 12.2 Å². The standard InChI is InChI=1S/C10H19Cl2N2O/c1-4-5-6-7-8-9(15)14(11,12)10(2,3)13-8/h8,13H,4-7H2,1-3H3/q+1. The largest absolute Gasteiger partial charge is 0.368 e. The second-order valence-corrected chi connectivity index (χ2v) is 5.79. The number of quaternary nitrogens is 1. The lowest BCUT2D eigenvalue weighted by Gasteiger charge is -2.24. The van der Waals surface area contributed by atoms with Crippen molar-refractivity contribution >= 4 is 29.5 Å². The molecular weight excluding hydrogens is 235 g/mol. The van der Waals surface area contributed by atoms with Crippen LogP contribution in [0.4, 0.5) is 0 Å². The minimum Gasteiger partial charge on any atom is -0.247 e. The van der Waals surface area contributed by atoms with Gasteiger partial charge in [-0.05, 0) is 9.94 Å². The topological polar surface area (TPSA) is 29.1 Å². The van der Waals surface area contributed by atoms with Gasteiger partial charge in [0.25, 0.3) is 0 Å². The van der Waals surface area contributed by atoms with Gasteiger partial charge in [0.2, 0.25) is 0 Å². The van der Waals surface area contributed by atoms with Gasteiger partial charge in [0.15, 0.2) is 29.2 Å².